The number of hydrogen-bond acceptors (Lipinski definition) is 4. The SMILES string of the molecule is CC1(C)O[C@H](c2ccccc2Cl)[C@@H](CNS(=O)(=O)O)O1. The Kier molecular flexibility index (Phi) is 4.38. The van der Waals surface area contributed by atoms with Crippen molar-refractivity contribution >= 4 is 21.9 Å². The van der Waals surface area contributed by atoms with Crippen molar-refractivity contribution in [3.05, 3.63) is 34.9 Å². The summed E-state index contributed by atoms with van der Waals surface area (Å²) in [5.41, 5.74) is 0.710. The average molecular weight is 322 g/mol. The first-order valence-electron chi connectivity index (χ1n) is 6.00. The third-order valence-electron chi connectivity index (χ3n) is 2.86. The van der Waals surface area contributed by atoms with E-state index in [1.807, 2.05) is 10.8 Å². The fourth-order valence-electron chi connectivity index (χ4n) is 2.14. The molecule has 6 nitrogen and oxygen atoms in total. The molecule has 0 radical (unpaired) electrons. The molecule has 1 aliphatic rings. The molecule has 8 heteroatoms. The molecule has 2 N–H and O–H groups in total. The van der Waals surface area contributed by atoms with Crippen LogP contribution in [0.15, 0.2) is 24.3 Å². The summed E-state index contributed by atoms with van der Waals surface area (Å²) in [6.45, 7) is 3.34. The number of nitrogens with one attached hydrogen (secondary N) is 1. The zero-order valence-electron chi connectivity index (χ0n) is 11.0. The first kappa shape index (κ1) is 15.7. The highest BCUT2D eigenvalue weighted by Gasteiger charge is 2.42. The van der Waals surface area contributed by atoms with Crippen LogP contribution in [0.4, 0.5) is 0 Å². The molecule has 0 saturated carbocycles. The first-order valence-corrected chi connectivity index (χ1v) is 7.82. The molecule has 0 unspecified atom stereocenters. The van der Waals surface area contributed by atoms with Crippen LogP contribution in [0.3, 0.4) is 0 Å². The van der Waals surface area contributed by atoms with Gasteiger partial charge in [0.2, 0.25) is 0 Å². The fraction of sp³-hybridized carbons (Fsp3) is 0.500. The van der Waals surface area contributed by atoms with Crippen molar-refractivity contribution in [3.63, 3.8) is 0 Å². The van der Waals surface area contributed by atoms with Gasteiger partial charge in [-0.15, -0.1) is 0 Å². The predicted molar refractivity (Wildman–Crippen MR) is 73.8 cm³/mol. The van der Waals surface area contributed by atoms with Gasteiger partial charge < -0.3 is 9.47 Å². The number of ether oxygens (including phenoxy) is 2. The van der Waals surface area contributed by atoms with E-state index in [0.29, 0.717) is 10.6 Å². The number of benzene rings is 1. The van der Waals surface area contributed by atoms with Crippen molar-refractivity contribution in [1.82, 2.24) is 4.72 Å². The van der Waals surface area contributed by atoms with E-state index >= 15 is 0 Å². The Labute approximate surface area is 122 Å². The van der Waals surface area contributed by atoms with Crippen LogP contribution in [0, 0.1) is 0 Å². The lowest BCUT2D eigenvalue weighted by Gasteiger charge is -2.18. The van der Waals surface area contributed by atoms with E-state index in [1.165, 1.54) is 0 Å². The Morgan fingerprint density at radius 3 is 2.60 bits per heavy atom. The zero-order valence-corrected chi connectivity index (χ0v) is 12.6. The standard InChI is InChI=1S/C12H16ClNO5S/c1-12(2)18-10(7-14-20(15,16)17)11(19-12)8-5-3-4-6-9(8)13/h3-6,10-11,14H,7H2,1-2H3,(H,15,16,17)/t10-,11-/m1/s1. The molecular formula is C12H16ClNO5S. The van der Waals surface area contributed by atoms with E-state index in [4.69, 9.17) is 25.6 Å². The van der Waals surface area contributed by atoms with Crippen LogP contribution < -0.4 is 4.72 Å². The Morgan fingerprint density at radius 1 is 1.35 bits per heavy atom. The topological polar surface area (TPSA) is 84.9 Å². The molecule has 0 amide bonds. The van der Waals surface area contributed by atoms with Gasteiger partial charge in [-0.2, -0.15) is 13.1 Å². The molecule has 1 aliphatic heterocycles. The number of halogens is 1. The van der Waals surface area contributed by atoms with E-state index in [-0.39, 0.29) is 6.54 Å². The van der Waals surface area contributed by atoms with Crippen molar-refractivity contribution in [2.45, 2.75) is 31.8 Å². The van der Waals surface area contributed by atoms with Crippen molar-refractivity contribution < 1.29 is 22.4 Å². The minimum atomic E-state index is -4.28. The quantitative estimate of drug-likeness (QED) is 0.828. The molecule has 1 aromatic rings. The largest absolute Gasteiger partial charge is 0.343 e. The summed E-state index contributed by atoms with van der Waals surface area (Å²) in [5, 5.41) is 0.510. The molecule has 20 heavy (non-hydrogen) atoms. The molecule has 0 aliphatic carbocycles. The molecule has 1 aromatic carbocycles. The van der Waals surface area contributed by atoms with Crippen molar-refractivity contribution in [2.24, 2.45) is 0 Å². The van der Waals surface area contributed by atoms with Crippen LogP contribution >= 0.6 is 11.6 Å². The molecule has 2 rings (SSSR count). The Bertz CT molecular complexity index is 589. The van der Waals surface area contributed by atoms with Gasteiger partial charge in [0.1, 0.15) is 12.2 Å². The van der Waals surface area contributed by atoms with Crippen LogP contribution in [0.1, 0.15) is 25.5 Å². The molecule has 112 valence electrons. The van der Waals surface area contributed by atoms with Crippen LogP contribution in [0.2, 0.25) is 5.02 Å². The van der Waals surface area contributed by atoms with Crippen LogP contribution in [0.25, 0.3) is 0 Å². The van der Waals surface area contributed by atoms with Crippen molar-refractivity contribution in [1.29, 1.82) is 0 Å². The maximum absolute atomic E-state index is 10.8. The monoisotopic (exact) mass is 321 g/mol. The lowest BCUT2D eigenvalue weighted by Crippen LogP contribution is -2.35. The van der Waals surface area contributed by atoms with Gasteiger partial charge in [0.05, 0.1) is 0 Å². The summed E-state index contributed by atoms with van der Waals surface area (Å²) in [5.74, 6) is -0.866. The summed E-state index contributed by atoms with van der Waals surface area (Å²) >= 11 is 6.13. The maximum atomic E-state index is 10.8. The molecule has 1 saturated heterocycles. The molecule has 0 spiro atoms. The fourth-order valence-corrected chi connectivity index (χ4v) is 2.76. The average Bonchev–Trinajstić information content (AvgIpc) is 2.62. The van der Waals surface area contributed by atoms with Gasteiger partial charge >= 0.3 is 10.3 Å². The second-order valence-electron chi connectivity index (χ2n) is 4.94. The zero-order chi connectivity index (χ0) is 15.0. The second kappa shape index (κ2) is 5.59. The van der Waals surface area contributed by atoms with Gasteiger partial charge in [-0.1, -0.05) is 29.8 Å². The first-order chi connectivity index (χ1) is 9.18. The van der Waals surface area contributed by atoms with Gasteiger partial charge in [-0.25, -0.2) is 0 Å². The highest BCUT2D eigenvalue weighted by molar-refractivity contribution is 7.83. The second-order valence-corrected chi connectivity index (χ2v) is 6.59. The predicted octanol–water partition coefficient (Wildman–Crippen LogP) is 1.93. The highest BCUT2D eigenvalue weighted by Crippen LogP contribution is 2.40. The summed E-state index contributed by atoms with van der Waals surface area (Å²) in [6.07, 6.45) is -1.11. The van der Waals surface area contributed by atoms with Gasteiger partial charge in [0.25, 0.3) is 0 Å². The molecule has 0 aromatic heterocycles. The van der Waals surface area contributed by atoms with Gasteiger partial charge in [0.15, 0.2) is 5.79 Å². The van der Waals surface area contributed by atoms with E-state index < -0.39 is 28.3 Å². The Hall–Kier alpha value is -0.700. The molecule has 0 bridgehead atoms. The molecule has 1 heterocycles. The van der Waals surface area contributed by atoms with Crippen LogP contribution in [0.5, 0.6) is 0 Å². The van der Waals surface area contributed by atoms with Crippen LogP contribution in [-0.2, 0) is 19.8 Å². The number of hydrogen-bond donors (Lipinski definition) is 2. The lowest BCUT2D eigenvalue weighted by molar-refractivity contribution is -0.146. The highest BCUT2D eigenvalue weighted by atomic mass is 35.5. The number of rotatable bonds is 4. The summed E-state index contributed by atoms with van der Waals surface area (Å²) in [4.78, 5) is 0. The molecule has 2 atom stereocenters. The third-order valence-corrected chi connectivity index (χ3v) is 3.74. The van der Waals surface area contributed by atoms with E-state index in [0.717, 1.165) is 0 Å². The van der Waals surface area contributed by atoms with Crippen molar-refractivity contribution in [2.75, 3.05) is 6.54 Å². The third kappa shape index (κ3) is 3.91. The molecular weight excluding hydrogens is 306 g/mol. The summed E-state index contributed by atoms with van der Waals surface area (Å²) < 4.78 is 43.7. The molecule has 1 fully saturated rings. The summed E-state index contributed by atoms with van der Waals surface area (Å²) in [7, 11) is -4.28. The lowest BCUT2D eigenvalue weighted by atomic mass is 10.0. The normalized spacial score (nSPS) is 25.8. The van der Waals surface area contributed by atoms with E-state index in [2.05, 4.69) is 0 Å². The Morgan fingerprint density at radius 2 is 2.00 bits per heavy atom. The summed E-state index contributed by atoms with van der Waals surface area (Å²) in [6, 6.07) is 7.11. The van der Waals surface area contributed by atoms with Gasteiger partial charge in [-0.05, 0) is 19.9 Å². The van der Waals surface area contributed by atoms with E-state index in [9.17, 15) is 8.42 Å². The minimum absolute atomic E-state index is 0.113. The van der Waals surface area contributed by atoms with Gasteiger partial charge in [0, 0.05) is 17.1 Å². The smallest absolute Gasteiger partial charge is 0.333 e. The maximum Gasteiger partial charge on any atom is 0.333 e. The van der Waals surface area contributed by atoms with E-state index in [1.54, 1.807) is 32.0 Å². The van der Waals surface area contributed by atoms with Crippen molar-refractivity contribution in [3.8, 4) is 0 Å². The minimum Gasteiger partial charge on any atom is -0.343 e. The van der Waals surface area contributed by atoms with Crippen LogP contribution in [-0.4, -0.2) is 31.4 Å². The Balaban J connectivity index is 2.23. The van der Waals surface area contributed by atoms with Gasteiger partial charge in [-0.3, -0.25) is 4.55 Å².